The second kappa shape index (κ2) is 7.59. The van der Waals surface area contributed by atoms with Crippen molar-refractivity contribution in [2.24, 2.45) is 0 Å². The fourth-order valence-corrected chi connectivity index (χ4v) is 1.84. The van der Waals surface area contributed by atoms with E-state index < -0.39 is 0 Å². The SMILES string of the molecule is C=CCNCC(=O)N(C)C(C)c1ccccc1OC. The van der Waals surface area contributed by atoms with Gasteiger partial charge in [0.05, 0.1) is 19.7 Å². The van der Waals surface area contributed by atoms with Crippen molar-refractivity contribution in [1.82, 2.24) is 10.2 Å². The number of nitrogens with zero attached hydrogens (tertiary/aromatic N) is 1. The zero-order valence-electron chi connectivity index (χ0n) is 11.8. The van der Waals surface area contributed by atoms with E-state index in [1.54, 1.807) is 25.1 Å². The molecule has 0 bridgehead atoms. The number of rotatable bonds is 7. The summed E-state index contributed by atoms with van der Waals surface area (Å²) in [7, 11) is 3.44. The molecule has 1 aromatic rings. The molecule has 4 heteroatoms. The van der Waals surface area contributed by atoms with Gasteiger partial charge in [-0.25, -0.2) is 0 Å². The van der Waals surface area contributed by atoms with Crippen molar-refractivity contribution in [2.75, 3.05) is 27.2 Å². The molecule has 1 aromatic carbocycles. The predicted octanol–water partition coefficient (Wildman–Crippen LogP) is 1.99. The van der Waals surface area contributed by atoms with Crippen LogP contribution in [0.3, 0.4) is 0 Å². The molecular weight excluding hydrogens is 240 g/mol. The van der Waals surface area contributed by atoms with Gasteiger partial charge in [-0.3, -0.25) is 4.79 Å². The van der Waals surface area contributed by atoms with Crippen molar-refractivity contribution in [2.45, 2.75) is 13.0 Å². The van der Waals surface area contributed by atoms with Crippen LogP contribution in [-0.4, -0.2) is 38.1 Å². The molecule has 0 radical (unpaired) electrons. The van der Waals surface area contributed by atoms with E-state index in [1.807, 2.05) is 31.2 Å². The lowest BCUT2D eigenvalue weighted by molar-refractivity contribution is -0.130. The van der Waals surface area contributed by atoms with Crippen molar-refractivity contribution in [3.8, 4) is 5.75 Å². The number of carbonyl (C=O) groups excluding carboxylic acids is 1. The average molecular weight is 262 g/mol. The minimum absolute atomic E-state index is 0.0332. The van der Waals surface area contributed by atoms with Crippen molar-refractivity contribution in [3.05, 3.63) is 42.5 Å². The molecule has 4 nitrogen and oxygen atoms in total. The predicted molar refractivity (Wildman–Crippen MR) is 77.2 cm³/mol. The number of methoxy groups -OCH3 is 1. The quantitative estimate of drug-likeness (QED) is 0.603. The highest BCUT2D eigenvalue weighted by atomic mass is 16.5. The van der Waals surface area contributed by atoms with Gasteiger partial charge in [0.25, 0.3) is 0 Å². The van der Waals surface area contributed by atoms with Crippen molar-refractivity contribution >= 4 is 5.91 Å². The molecule has 1 amide bonds. The molecular formula is C15H22N2O2. The number of amides is 1. The van der Waals surface area contributed by atoms with E-state index in [0.717, 1.165) is 11.3 Å². The molecule has 1 N–H and O–H groups in total. The molecule has 1 rings (SSSR count). The Kier molecular flexibility index (Phi) is 6.09. The smallest absolute Gasteiger partial charge is 0.236 e. The highest BCUT2D eigenvalue weighted by molar-refractivity contribution is 5.78. The summed E-state index contributed by atoms with van der Waals surface area (Å²) in [5.74, 6) is 0.842. The Morgan fingerprint density at radius 3 is 2.84 bits per heavy atom. The number of para-hydroxylation sites is 1. The second-order valence-corrected chi connectivity index (χ2v) is 4.34. The summed E-state index contributed by atoms with van der Waals surface area (Å²) < 4.78 is 5.33. The van der Waals surface area contributed by atoms with Crippen LogP contribution in [-0.2, 0) is 4.79 Å². The molecule has 0 fully saturated rings. The second-order valence-electron chi connectivity index (χ2n) is 4.34. The molecule has 0 aliphatic carbocycles. The van der Waals surface area contributed by atoms with Crippen LogP contribution in [0.1, 0.15) is 18.5 Å². The van der Waals surface area contributed by atoms with Gasteiger partial charge in [-0.2, -0.15) is 0 Å². The Balaban J connectivity index is 2.72. The van der Waals surface area contributed by atoms with Crippen LogP contribution in [0.5, 0.6) is 5.75 Å². The van der Waals surface area contributed by atoms with Crippen molar-refractivity contribution in [3.63, 3.8) is 0 Å². The molecule has 0 aromatic heterocycles. The maximum Gasteiger partial charge on any atom is 0.236 e. The van der Waals surface area contributed by atoms with Crippen LogP contribution < -0.4 is 10.1 Å². The lowest BCUT2D eigenvalue weighted by atomic mass is 10.1. The topological polar surface area (TPSA) is 41.6 Å². The Morgan fingerprint density at radius 1 is 1.53 bits per heavy atom. The van der Waals surface area contributed by atoms with Crippen LogP contribution in [0.4, 0.5) is 0 Å². The van der Waals surface area contributed by atoms with Gasteiger partial charge in [-0.05, 0) is 13.0 Å². The largest absolute Gasteiger partial charge is 0.496 e. The van der Waals surface area contributed by atoms with Gasteiger partial charge in [0.2, 0.25) is 5.91 Å². The van der Waals surface area contributed by atoms with Gasteiger partial charge in [0.1, 0.15) is 5.75 Å². The van der Waals surface area contributed by atoms with Crippen molar-refractivity contribution < 1.29 is 9.53 Å². The van der Waals surface area contributed by atoms with Gasteiger partial charge >= 0.3 is 0 Å². The van der Waals surface area contributed by atoms with Crippen molar-refractivity contribution in [1.29, 1.82) is 0 Å². The van der Waals surface area contributed by atoms with Gasteiger partial charge in [0, 0.05) is 19.2 Å². The molecule has 19 heavy (non-hydrogen) atoms. The Bertz CT molecular complexity index is 432. The van der Waals surface area contributed by atoms with Gasteiger partial charge in [0.15, 0.2) is 0 Å². The molecule has 1 atom stereocenters. The average Bonchev–Trinajstić information content (AvgIpc) is 2.45. The summed E-state index contributed by atoms with van der Waals surface area (Å²) in [5.41, 5.74) is 1.00. The van der Waals surface area contributed by atoms with E-state index in [2.05, 4.69) is 11.9 Å². The molecule has 0 spiro atoms. The molecule has 1 unspecified atom stereocenters. The number of benzene rings is 1. The van der Waals surface area contributed by atoms with E-state index in [1.165, 1.54) is 0 Å². The van der Waals surface area contributed by atoms with Crippen LogP contribution in [0.25, 0.3) is 0 Å². The number of ether oxygens (including phenoxy) is 1. The lowest BCUT2D eigenvalue weighted by Gasteiger charge is -2.26. The molecule has 104 valence electrons. The molecule has 0 heterocycles. The summed E-state index contributed by atoms with van der Waals surface area (Å²) in [4.78, 5) is 13.7. The van der Waals surface area contributed by atoms with Crippen LogP contribution in [0.15, 0.2) is 36.9 Å². The number of nitrogens with one attached hydrogen (secondary N) is 1. The lowest BCUT2D eigenvalue weighted by Crippen LogP contribution is -2.37. The Labute approximate surface area is 115 Å². The number of carbonyl (C=O) groups is 1. The van der Waals surface area contributed by atoms with Crippen LogP contribution in [0.2, 0.25) is 0 Å². The third-order valence-electron chi connectivity index (χ3n) is 3.13. The highest BCUT2D eigenvalue weighted by Crippen LogP contribution is 2.27. The fraction of sp³-hybridized carbons (Fsp3) is 0.400. The zero-order chi connectivity index (χ0) is 14.3. The zero-order valence-corrected chi connectivity index (χ0v) is 11.8. The van der Waals surface area contributed by atoms with E-state index in [-0.39, 0.29) is 11.9 Å². The van der Waals surface area contributed by atoms with Crippen LogP contribution in [0, 0.1) is 0 Å². The molecule has 0 saturated carbocycles. The molecule has 0 aliphatic rings. The van der Waals surface area contributed by atoms with Gasteiger partial charge in [-0.15, -0.1) is 6.58 Å². The van der Waals surface area contributed by atoms with E-state index in [9.17, 15) is 4.79 Å². The molecule has 0 saturated heterocycles. The van der Waals surface area contributed by atoms with E-state index in [4.69, 9.17) is 4.74 Å². The normalized spacial score (nSPS) is 11.7. The van der Waals surface area contributed by atoms with E-state index in [0.29, 0.717) is 13.1 Å². The number of hydrogen-bond donors (Lipinski definition) is 1. The minimum Gasteiger partial charge on any atom is -0.496 e. The first-order valence-electron chi connectivity index (χ1n) is 6.32. The summed E-state index contributed by atoms with van der Waals surface area (Å²) in [5, 5.41) is 3.01. The minimum atomic E-state index is -0.0332. The van der Waals surface area contributed by atoms with E-state index >= 15 is 0 Å². The highest BCUT2D eigenvalue weighted by Gasteiger charge is 2.19. The maximum atomic E-state index is 12.0. The molecule has 0 aliphatic heterocycles. The fourth-order valence-electron chi connectivity index (χ4n) is 1.84. The monoisotopic (exact) mass is 262 g/mol. The first kappa shape index (κ1) is 15.2. The summed E-state index contributed by atoms with van der Waals surface area (Å²) in [6, 6.07) is 7.71. The maximum absolute atomic E-state index is 12.0. The standard InChI is InChI=1S/C15H22N2O2/c1-5-10-16-11-15(18)17(3)12(2)13-8-6-7-9-14(13)19-4/h5-9,12,16H,1,10-11H2,2-4H3. The van der Waals surface area contributed by atoms with Crippen LogP contribution >= 0.6 is 0 Å². The summed E-state index contributed by atoms with van der Waals surface area (Å²) >= 11 is 0. The first-order valence-corrected chi connectivity index (χ1v) is 6.32. The van der Waals surface area contributed by atoms with Gasteiger partial charge < -0.3 is 15.0 Å². The number of likely N-dealkylation sites (N-methyl/N-ethyl adjacent to an activating group) is 1. The third-order valence-corrected chi connectivity index (χ3v) is 3.13. The van der Waals surface area contributed by atoms with Gasteiger partial charge in [-0.1, -0.05) is 24.3 Å². The first-order chi connectivity index (χ1) is 9.11. The third kappa shape index (κ3) is 4.10. The summed E-state index contributed by atoms with van der Waals surface area (Å²) in [6.07, 6.45) is 1.73. The summed E-state index contributed by atoms with van der Waals surface area (Å²) in [6.45, 7) is 6.53. The Morgan fingerprint density at radius 2 is 2.21 bits per heavy atom. The number of hydrogen-bond acceptors (Lipinski definition) is 3. The Hall–Kier alpha value is -1.81.